The van der Waals surface area contributed by atoms with E-state index in [0.29, 0.717) is 12.1 Å². The number of nitrogens with zero attached hydrogens (tertiary/aromatic N) is 1. The molecular formula is C19H14N2O. The molecule has 0 fully saturated rings. The van der Waals surface area contributed by atoms with E-state index in [1.807, 2.05) is 66.7 Å². The summed E-state index contributed by atoms with van der Waals surface area (Å²) < 4.78 is 0. The number of benzene rings is 3. The summed E-state index contributed by atoms with van der Waals surface area (Å²) in [6, 6.07) is 21.9. The Morgan fingerprint density at radius 2 is 1.64 bits per heavy atom. The number of aromatic nitrogens is 2. The molecule has 0 aliphatic carbocycles. The van der Waals surface area contributed by atoms with E-state index in [4.69, 9.17) is 0 Å². The maximum Gasteiger partial charge on any atom is 0.270 e. The number of fused-ring (bicyclic) bond motifs is 3. The van der Waals surface area contributed by atoms with Crippen LogP contribution in [0.15, 0.2) is 71.5 Å². The fourth-order valence-corrected chi connectivity index (χ4v) is 2.78. The van der Waals surface area contributed by atoms with Crippen LogP contribution >= 0.6 is 0 Å². The van der Waals surface area contributed by atoms with Gasteiger partial charge >= 0.3 is 0 Å². The molecule has 0 atom stereocenters. The summed E-state index contributed by atoms with van der Waals surface area (Å²) >= 11 is 0. The molecule has 0 bridgehead atoms. The third-order valence-corrected chi connectivity index (χ3v) is 3.88. The zero-order valence-corrected chi connectivity index (χ0v) is 11.9. The highest BCUT2D eigenvalue weighted by Crippen LogP contribution is 2.21. The van der Waals surface area contributed by atoms with Gasteiger partial charge in [0.05, 0.1) is 11.0 Å². The number of hydrogen-bond acceptors (Lipinski definition) is 2. The summed E-state index contributed by atoms with van der Waals surface area (Å²) in [7, 11) is 0. The zero-order valence-electron chi connectivity index (χ0n) is 11.9. The standard InChI is InChI=1S/C19H14N2O/c22-19-17(12-13-6-2-1-3-7-13)20-16-11-10-14-8-4-5-9-15(14)18(16)21-19/h1-11H,12H2,(H,21,22). The Morgan fingerprint density at radius 1 is 0.864 bits per heavy atom. The molecule has 0 unspecified atom stereocenters. The molecule has 0 saturated heterocycles. The molecule has 1 aromatic heterocycles. The van der Waals surface area contributed by atoms with E-state index in [-0.39, 0.29) is 5.56 Å². The second-order valence-electron chi connectivity index (χ2n) is 5.36. The van der Waals surface area contributed by atoms with Crippen molar-refractivity contribution in [2.45, 2.75) is 6.42 Å². The number of nitrogens with one attached hydrogen (secondary N) is 1. The van der Waals surface area contributed by atoms with Gasteiger partial charge in [-0.05, 0) is 17.0 Å². The Morgan fingerprint density at radius 3 is 2.50 bits per heavy atom. The van der Waals surface area contributed by atoms with Crippen LogP contribution in [-0.4, -0.2) is 9.97 Å². The van der Waals surface area contributed by atoms with Gasteiger partial charge < -0.3 is 4.98 Å². The Labute approximate surface area is 127 Å². The molecule has 4 aromatic rings. The Kier molecular flexibility index (Phi) is 2.97. The summed E-state index contributed by atoms with van der Waals surface area (Å²) in [5, 5.41) is 2.12. The summed E-state index contributed by atoms with van der Waals surface area (Å²) in [4.78, 5) is 19.9. The minimum Gasteiger partial charge on any atom is -0.318 e. The second-order valence-corrected chi connectivity index (χ2v) is 5.36. The lowest BCUT2D eigenvalue weighted by Crippen LogP contribution is -2.15. The topological polar surface area (TPSA) is 45.8 Å². The van der Waals surface area contributed by atoms with Crippen LogP contribution in [0.4, 0.5) is 0 Å². The van der Waals surface area contributed by atoms with Crippen molar-refractivity contribution in [1.29, 1.82) is 0 Å². The molecule has 0 aliphatic heterocycles. The summed E-state index contributed by atoms with van der Waals surface area (Å²) in [5.41, 5.74) is 3.14. The van der Waals surface area contributed by atoms with Gasteiger partial charge in [0.2, 0.25) is 0 Å². The van der Waals surface area contributed by atoms with Gasteiger partial charge in [0.1, 0.15) is 5.69 Å². The van der Waals surface area contributed by atoms with Gasteiger partial charge in [0.25, 0.3) is 5.56 Å². The first-order valence-electron chi connectivity index (χ1n) is 7.26. The average molecular weight is 286 g/mol. The number of hydrogen-bond donors (Lipinski definition) is 1. The Hall–Kier alpha value is -2.94. The predicted molar refractivity (Wildman–Crippen MR) is 89.1 cm³/mol. The molecular weight excluding hydrogens is 272 g/mol. The van der Waals surface area contributed by atoms with Gasteiger partial charge in [-0.3, -0.25) is 4.79 Å². The normalized spacial score (nSPS) is 11.1. The van der Waals surface area contributed by atoms with Crippen LogP contribution in [0.2, 0.25) is 0 Å². The highest BCUT2D eigenvalue weighted by molar-refractivity contribution is 6.03. The van der Waals surface area contributed by atoms with Gasteiger partial charge in [-0.2, -0.15) is 0 Å². The lowest BCUT2D eigenvalue weighted by atomic mass is 10.1. The second kappa shape index (κ2) is 5.11. The van der Waals surface area contributed by atoms with Gasteiger partial charge in [-0.1, -0.05) is 60.7 Å². The summed E-state index contributed by atoms with van der Waals surface area (Å²) in [6.07, 6.45) is 0.541. The van der Waals surface area contributed by atoms with Crippen LogP contribution in [-0.2, 0) is 6.42 Å². The molecule has 0 radical (unpaired) electrons. The van der Waals surface area contributed by atoms with Crippen LogP contribution < -0.4 is 5.56 Å². The van der Waals surface area contributed by atoms with Crippen molar-refractivity contribution >= 4 is 21.8 Å². The largest absolute Gasteiger partial charge is 0.318 e. The maximum absolute atomic E-state index is 12.4. The van der Waals surface area contributed by atoms with Crippen molar-refractivity contribution in [2.75, 3.05) is 0 Å². The molecule has 0 amide bonds. The van der Waals surface area contributed by atoms with Crippen LogP contribution in [0.25, 0.3) is 21.8 Å². The first kappa shape index (κ1) is 12.8. The van der Waals surface area contributed by atoms with Crippen molar-refractivity contribution in [3.63, 3.8) is 0 Å². The highest BCUT2D eigenvalue weighted by atomic mass is 16.1. The maximum atomic E-state index is 12.4. The van der Waals surface area contributed by atoms with E-state index < -0.39 is 0 Å². The van der Waals surface area contributed by atoms with E-state index >= 15 is 0 Å². The molecule has 0 saturated carbocycles. The lowest BCUT2D eigenvalue weighted by molar-refractivity contribution is 1.03. The van der Waals surface area contributed by atoms with Crippen molar-refractivity contribution in [2.24, 2.45) is 0 Å². The summed E-state index contributed by atoms with van der Waals surface area (Å²) in [6.45, 7) is 0. The quantitative estimate of drug-likeness (QED) is 0.571. The minimum atomic E-state index is -0.118. The van der Waals surface area contributed by atoms with E-state index in [9.17, 15) is 4.79 Å². The molecule has 1 N–H and O–H groups in total. The number of aromatic amines is 1. The monoisotopic (exact) mass is 286 g/mol. The molecule has 3 aromatic carbocycles. The fourth-order valence-electron chi connectivity index (χ4n) is 2.78. The molecule has 0 spiro atoms. The third kappa shape index (κ3) is 2.17. The first-order valence-corrected chi connectivity index (χ1v) is 7.26. The van der Waals surface area contributed by atoms with E-state index in [0.717, 1.165) is 27.4 Å². The van der Waals surface area contributed by atoms with Gasteiger partial charge in [0.15, 0.2) is 0 Å². The van der Waals surface area contributed by atoms with Crippen LogP contribution in [0.1, 0.15) is 11.3 Å². The highest BCUT2D eigenvalue weighted by Gasteiger charge is 2.08. The van der Waals surface area contributed by atoms with Crippen molar-refractivity contribution in [3.8, 4) is 0 Å². The molecule has 22 heavy (non-hydrogen) atoms. The van der Waals surface area contributed by atoms with Crippen LogP contribution in [0.3, 0.4) is 0 Å². The van der Waals surface area contributed by atoms with Crippen molar-refractivity contribution in [3.05, 3.63) is 88.3 Å². The van der Waals surface area contributed by atoms with Gasteiger partial charge in [0, 0.05) is 11.8 Å². The minimum absolute atomic E-state index is 0.118. The van der Waals surface area contributed by atoms with E-state index in [1.165, 1.54) is 0 Å². The van der Waals surface area contributed by atoms with Crippen LogP contribution in [0.5, 0.6) is 0 Å². The van der Waals surface area contributed by atoms with E-state index in [1.54, 1.807) is 0 Å². The third-order valence-electron chi connectivity index (χ3n) is 3.88. The molecule has 3 heteroatoms. The van der Waals surface area contributed by atoms with Gasteiger partial charge in [-0.25, -0.2) is 4.98 Å². The SMILES string of the molecule is O=c1[nH]c2c(ccc3ccccc32)nc1Cc1ccccc1. The lowest BCUT2D eigenvalue weighted by Gasteiger charge is -2.06. The van der Waals surface area contributed by atoms with Gasteiger partial charge in [-0.15, -0.1) is 0 Å². The molecule has 1 heterocycles. The number of rotatable bonds is 2. The van der Waals surface area contributed by atoms with E-state index in [2.05, 4.69) is 9.97 Å². The summed E-state index contributed by atoms with van der Waals surface area (Å²) in [5.74, 6) is 0. The molecule has 106 valence electrons. The fraction of sp³-hybridized carbons (Fsp3) is 0.0526. The predicted octanol–water partition coefficient (Wildman–Crippen LogP) is 3.67. The smallest absolute Gasteiger partial charge is 0.270 e. The number of H-pyrrole nitrogens is 1. The van der Waals surface area contributed by atoms with Crippen LogP contribution in [0, 0.1) is 0 Å². The molecule has 3 nitrogen and oxygen atoms in total. The zero-order chi connectivity index (χ0) is 14.9. The average Bonchev–Trinajstić information content (AvgIpc) is 2.57. The van der Waals surface area contributed by atoms with Crippen molar-refractivity contribution in [1.82, 2.24) is 9.97 Å². The molecule has 0 aliphatic rings. The van der Waals surface area contributed by atoms with Crippen molar-refractivity contribution < 1.29 is 0 Å². The molecule has 4 rings (SSSR count). The Bertz CT molecular complexity index is 1020. The Balaban J connectivity index is 1.90. The first-order chi connectivity index (χ1) is 10.8.